The summed E-state index contributed by atoms with van der Waals surface area (Å²) >= 11 is 0. The molecule has 3 unspecified atom stereocenters. The maximum Gasteiger partial charge on any atom is 0.249 e. The number of nitrogens with two attached hydrogens (primary N) is 1. The molecule has 30 heavy (non-hydrogen) atoms. The van der Waals surface area contributed by atoms with E-state index in [1.807, 2.05) is 0 Å². The summed E-state index contributed by atoms with van der Waals surface area (Å²) in [6.07, 6.45) is 4.88. The van der Waals surface area contributed by atoms with Crippen LogP contribution in [0.1, 0.15) is 65.2 Å². The molecule has 9 heteroatoms. The number of hydrogen-bond acceptors (Lipinski definition) is 5. The van der Waals surface area contributed by atoms with Crippen LogP contribution in [-0.2, 0) is 24.0 Å². The number of fused-ring (bicyclic) bond motifs is 1. The van der Waals surface area contributed by atoms with E-state index in [9.17, 15) is 24.0 Å². The molecular weight excluding hydrogens is 388 g/mol. The van der Waals surface area contributed by atoms with Crippen molar-refractivity contribution < 1.29 is 24.0 Å². The Kier molecular flexibility index (Phi) is 6.47. The summed E-state index contributed by atoms with van der Waals surface area (Å²) in [6.45, 7) is 3.46. The number of carbonyl (C=O) groups is 5. The van der Waals surface area contributed by atoms with Gasteiger partial charge in [-0.1, -0.05) is 26.2 Å². The van der Waals surface area contributed by atoms with E-state index in [0.29, 0.717) is 32.2 Å². The van der Waals surface area contributed by atoms with E-state index in [0.717, 1.165) is 19.3 Å². The van der Waals surface area contributed by atoms with E-state index in [2.05, 4.69) is 5.32 Å². The first-order valence-electron chi connectivity index (χ1n) is 10.9. The molecule has 0 radical (unpaired) electrons. The second kappa shape index (κ2) is 8.73. The maximum absolute atomic E-state index is 13.5. The Bertz CT molecular complexity index is 746. The number of primary amides is 1. The van der Waals surface area contributed by atoms with Gasteiger partial charge in [0.15, 0.2) is 5.78 Å². The molecule has 0 aromatic carbocycles. The van der Waals surface area contributed by atoms with Gasteiger partial charge >= 0.3 is 0 Å². The van der Waals surface area contributed by atoms with Crippen molar-refractivity contribution in [2.75, 3.05) is 13.1 Å². The van der Waals surface area contributed by atoms with Gasteiger partial charge in [0.05, 0.1) is 12.6 Å². The maximum atomic E-state index is 13.5. The number of carbonyl (C=O) groups excluding carboxylic acids is 5. The molecule has 0 bridgehead atoms. The predicted octanol–water partition coefficient (Wildman–Crippen LogP) is 0.108. The van der Waals surface area contributed by atoms with Gasteiger partial charge in [0.25, 0.3) is 0 Å². The van der Waals surface area contributed by atoms with Gasteiger partial charge in [-0.05, 0) is 25.7 Å². The van der Waals surface area contributed by atoms with Gasteiger partial charge < -0.3 is 20.9 Å². The van der Waals surface area contributed by atoms with Crippen LogP contribution in [0, 0.1) is 5.92 Å². The number of ketones is 1. The fourth-order valence-corrected chi connectivity index (χ4v) is 5.16. The normalized spacial score (nSPS) is 26.3. The van der Waals surface area contributed by atoms with Crippen molar-refractivity contribution in [3.8, 4) is 0 Å². The van der Waals surface area contributed by atoms with Crippen molar-refractivity contribution in [1.29, 1.82) is 0 Å². The van der Waals surface area contributed by atoms with Crippen molar-refractivity contribution in [1.82, 2.24) is 15.1 Å². The van der Waals surface area contributed by atoms with E-state index in [1.54, 1.807) is 16.7 Å². The van der Waals surface area contributed by atoms with E-state index in [1.165, 1.54) is 6.92 Å². The Labute approximate surface area is 176 Å². The Morgan fingerprint density at radius 3 is 2.43 bits per heavy atom. The van der Waals surface area contributed by atoms with Gasteiger partial charge in [-0.2, -0.15) is 0 Å². The molecule has 0 spiro atoms. The highest BCUT2D eigenvalue weighted by Gasteiger charge is 2.54. The molecule has 9 nitrogen and oxygen atoms in total. The predicted molar refractivity (Wildman–Crippen MR) is 108 cm³/mol. The minimum atomic E-state index is -0.951. The third kappa shape index (κ3) is 4.20. The van der Waals surface area contributed by atoms with Gasteiger partial charge in [0.2, 0.25) is 23.6 Å². The number of hydrogen-bond donors (Lipinski definition) is 2. The zero-order chi connectivity index (χ0) is 22.1. The number of likely N-dealkylation sites (tertiary alicyclic amines) is 2. The van der Waals surface area contributed by atoms with E-state index < -0.39 is 23.4 Å². The third-order valence-electron chi connectivity index (χ3n) is 6.81. The quantitative estimate of drug-likeness (QED) is 0.630. The van der Waals surface area contributed by atoms with Crippen molar-refractivity contribution in [3.63, 3.8) is 0 Å². The van der Waals surface area contributed by atoms with Crippen LogP contribution in [0.3, 0.4) is 0 Å². The Morgan fingerprint density at radius 1 is 1.17 bits per heavy atom. The van der Waals surface area contributed by atoms with Crippen molar-refractivity contribution in [2.45, 2.75) is 82.8 Å². The fraction of sp³-hybridized carbons (Fsp3) is 0.762. The summed E-state index contributed by atoms with van der Waals surface area (Å²) in [4.78, 5) is 65.2. The summed E-state index contributed by atoms with van der Waals surface area (Å²) in [6, 6.07) is -0.988. The topological polar surface area (TPSA) is 130 Å². The largest absolute Gasteiger partial charge is 0.369 e. The smallest absolute Gasteiger partial charge is 0.249 e. The highest BCUT2D eigenvalue weighted by Crippen LogP contribution is 2.36. The van der Waals surface area contributed by atoms with Crippen LogP contribution in [0.4, 0.5) is 0 Å². The first kappa shape index (κ1) is 22.2. The molecule has 2 heterocycles. The van der Waals surface area contributed by atoms with Gasteiger partial charge in [-0.25, -0.2) is 0 Å². The number of nitrogens with one attached hydrogen (secondary N) is 1. The van der Waals surface area contributed by atoms with Crippen LogP contribution in [0.5, 0.6) is 0 Å². The van der Waals surface area contributed by atoms with Crippen molar-refractivity contribution >= 4 is 29.4 Å². The lowest BCUT2D eigenvalue weighted by Gasteiger charge is -2.40. The first-order chi connectivity index (χ1) is 14.2. The second-order valence-corrected chi connectivity index (χ2v) is 8.95. The molecule has 3 aliphatic rings. The highest BCUT2D eigenvalue weighted by molar-refractivity contribution is 6.00. The summed E-state index contributed by atoms with van der Waals surface area (Å²) in [5.74, 6) is -1.64. The molecule has 3 rings (SSSR count). The zero-order valence-corrected chi connectivity index (χ0v) is 17.8. The minimum Gasteiger partial charge on any atom is -0.369 e. The van der Waals surface area contributed by atoms with Crippen molar-refractivity contribution in [3.05, 3.63) is 0 Å². The van der Waals surface area contributed by atoms with Crippen LogP contribution in [0.25, 0.3) is 0 Å². The molecule has 3 atom stereocenters. The van der Waals surface area contributed by atoms with Gasteiger partial charge in [0.1, 0.15) is 11.6 Å². The summed E-state index contributed by atoms with van der Waals surface area (Å²) in [5, 5.41) is 2.88. The van der Waals surface area contributed by atoms with Crippen LogP contribution >= 0.6 is 0 Å². The Morgan fingerprint density at radius 2 is 1.83 bits per heavy atom. The van der Waals surface area contributed by atoms with Gasteiger partial charge in [0, 0.05) is 25.8 Å². The summed E-state index contributed by atoms with van der Waals surface area (Å²) in [7, 11) is 0. The monoisotopic (exact) mass is 420 g/mol. The Hall–Kier alpha value is -2.45. The molecule has 1 aliphatic carbocycles. The molecule has 0 aromatic heterocycles. The average molecular weight is 421 g/mol. The van der Waals surface area contributed by atoms with Crippen molar-refractivity contribution in [2.24, 2.45) is 11.7 Å². The molecular formula is C21H32N4O5. The van der Waals surface area contributed by atoms with E-state index in [4.69, 9.17) is 5.73 Å². The summed E-state index contributed by atoms with van der Waals surface area (Å²) < 4.78 is 0. The minimum absolute atomic E-state index is 0.0308. The second-order valence-electron chi connectivity index (χ2n) is 8.95. The van der Waals surface area contributed by atoms with E-state index in [-0.39, 0.29) is 42.5 Å². The standard InChI is InChI=1S/C21H32N4O5/c1-13(19(22)29)6-7-17(28)24-11-8-15-18(24)16(27)12-25(15)20(30)21(23-14(2)26)9-4-3-5-10-21/h13,15,18H,3-12H2,1-2H3,(H2,22,29)(H,23,26). The molecule has 3 N–H and O–H groups in total. The number of rotatable bonds is 6. The van der Waals surface area contributed by atoms with Crippen LogP contribution in [0.15, 0.2) is 0 Å². The lowest BCUT2D eigenvalue weighted by molar-refractivity contribution is -0.144. The number of nitrogens with zero attached hydrogens (tertiary/aromatic N) is 2. The molecule has 0 aromatic rings. The molecule has 166 valence electrons. The average Bonchev–Trinajstić information content (AvgIpc) is 3.27. The lowest BCUT2D eigenvalue weighted by atomic mass is 9.80. The lowest BCUT2D eigenvalue weighted by Crippen LogP contribution is -2.61. The number of Topliss-reactive ketones (excluding diaryl/α,β-unsaturated/α-hetero) is 1. The Balaban J connectivity index is 1.72. The first-order valence-corrected chi connectivity index (χ1v) is 10.9. The molecule has 2 aliphatic heterocycles. The SMILES string of the molecule is CC(=O)NC1(C(=O)N2CC(=O)C3C2CCN3C(=O)CCC(C)C(N)=O)CCCCC1. The van der Waals surface area contributed by atoms with Gasteiger partial charge in [-0.15, -0.1) is 0 Å². The van der Waals surface area contributed by atoms with Crippen LogP contribution < -0.4 is 11.1 Å². The molecule has 2 saturated heterocycles. The molecule has 4 amide bonds. The summed E-state index contributed by atoms with van der Waals surface area (Å²) in [5.41, 5.74) is 4.31. The zero-order valence-electron chi connectivity index (χ0n) is 17.8. The molecule has 3 fully saturated rings. The number of amides is 4. The van der Waals surface area contributed by atoms with Crippen LogP contribution in [-0.4, -0.2) is 69.9 Å². The van der Waals surface area contributed by atoms with Crippen LogP contribution in [0.2, 0.25) is 0 Å². The third-order valence-corrected chi connectivity index (χ3v) is 6.81. The molecule has 1 saturated carbocycles. The van der Waals surface area contributed by atoms with E-state index >= 15 is 0 Å². The fourth-order valence-electron chi connectivity index (χ4n) is 5.16. The highest BCUT2D eigenvalue weighted by atomic mass is 16.2. The van der Waals surface area contributed by atoms with Gasteiger partial charge in [-0.3, -0.25) is 24.0 Å².